The second-order valence-electron chi connectivity index (χ2n) is 5.62. The van der Waals surface area contributed by atoms with E-state index in [1.165, 1.54) is 6.42 Å². The van der Waals surface area contributed by atoms with Gasteiger partial charge in [0, 0.05) is 18.6 Å². The third-order valence-corrected chi connectivity index (χ3v) is 2.96. The standard InChI is InChI=1S/C13H28N2O2/c1-11(2)7-5-9-17-10-6-8-13(3,4)12(14)15-16/h11,16H,5-10H2,1-4H3,(H2,14,15). The van der Waals surface area contributed by atoms with Crippen LogP contribution < -0.4 is 5.73 Å². The fraction of sp³-hybridized carbons (Fsp3) is 0.923. The molecule has 3 N–H and O–H groups in total. The molecular formula is C13H28N2O2. The predicted octanol–water partition coefficient (Wildman–Crippen LogP) is 2.99. The van der Waals surface area contributed by atoms with Crippen LogP contribution in [0.3, 0.4) is 0 Å². The van der Waals surface area contributed by atoms with Gasteiger partial charge in [-0.2, -0.15) is 0 Å². The first-order chi connectivity index (χ1) is 7.90. The third-order valence-electron chi connectivity index (χ3n) is 2.96. The molecule has 0 saturated heterocycles. The minimum Gasteiger partial charge on any atom is -0.409 e. The monoisotopic (exact) mass is 244 g/mol. The van der Waals surface area contributed by atoms with E-state index in [0.717, 1.165) is 38.4 Å². The van der Waals surface area contributed by atoms with Gasteiger partial charge in [0.15, 0.2) is 0 Å². The van der Waals surface area contributed by atoms with Crippen molar-refractivity contribution in [3.63, 3.8) is 0 Å². The zero-order valence-electron chi connectivity index (χ0n) is 11.7. The molecule has 0 aliphatic carbocycles. The summed E-state index contributed by atoms with van der Waals surface area (Å²) in [5.74, 6) is 1.04. The van der Waals surface area contributed by atoms with Crippen LogP contribution in [0.4, 0.5) is 0 Å². The molecule has 0 amide bonds. The second kappa shape index (κ2) is 8.34. The van der Waals surface area contributed by atoms with Crippen molar-refractivity contribution < 1.29 is 9.94 Å². The predicted molar refractivity (Wildman–Crippen MR) is 71.3 cm³/mol. The van der Waals surface area contributed by atoms with Crippen LogP contribution in [0, 0.1) is 11.3 Å². The number of amidine groups is 1. The highest BCUT2D eigenvalue weighted by atomic mass is 16.5. The van der Waals surface area contributed by atoms with Crippen molar-refractivity contribution in [2.45, 2.75) is 53.4 Å². The topological polar surface area (TPSA) is 67.8 Å². The Balaban J connectivity index is 3.52. The molecular weight excluding hydrogens is 216 g/mol. The Kier molecular flexibility index (Phi) is 7.96. The molecule has 0 aliphatic heterocycles. The first kappa shape index (κ1) is 16.2. The van der Waals surface area contributed by atoms with Crippen LogP contribution in [0.1, 0.15) is 53.4 Å². The summed E-state index contributed by atoms with van der Waals surface area (Å²) in [5, 5.41) is 11.7. The zero-order valence-corrected chi connectivity index (χ0v) is 11.7. The Bertz CT molecular complexity index is 225. The molecule has 0 aromatic rings. The molecule has 0 spiro atoms. The van der Waals surface area contributed by atoms with Crippen molar-refractivity contribution >= 4 is 5.84 Å². The van der Waals surface area contributed by atoms with E-state index in [0.29, 0.717) is 0 Å². The SMILES string of the molecule is CC(C)CCCOCCCC(C)(C)C(N)=NO. The van der Waals surface area contributed by atoms with Gasteiger partial charge in [0.2, 0.25) is 0 Å². The van der Waals surface area contributed by atoms with Crippen LogP contribution in [0.5, 0.6) is 0 Å². The molecule has 4 heteroatoms. The van der Waals surface area contributed by atoms with Crippen molar-refractivity contribution in [2.75, 3.05) is 13.2 Å². The minimum absolute atomic E-state index is 0.254. The first-order valence-electron chi connectivity index (χ1n) is 6.46. The zero-order chi connectivity index (χ0) is 13.3. The maximum absolute atomic E-state index is 8.63. The number of hydrogen-bond acceptors (Lipinski definition) is 3. The molecule has 0 bridgehead atoms. The minimum atomic E-state index is -0.254. The van der Waals surface area contributed by atoms with Gasteiger partial charge in [-0.05, 0) is 31.6 Å². The summed E-state index contributed by atoms with van der Waals surface area (Å²) in [6.07, 6.45) is 4.15. The van der Waals surface area contributed by atoms with Crippen molar-refractivity contribution in [2.24, 2.45) is 22.2 Å². The van der Waals surface area contributed by atoms with Gasteiger partial charge < -0.3 is 15.7 Å². The normalized spacial score (nSPS) is 13.4. The molecule has 0 fully saturated rings. The van der Waals surface area contributed by atoms with Gasteiger partial charge in [-0.3, -0.25) is 0 Å². The van der Waals surface area contributed by atoms with Gasteiger partial charge in [0.05, 0.1) is 0 Å². The van der Waals surface area contributed by atoms with Crippen molar-refractivity contribution in [3.05, 3.63) is 0 Å². The summed E-state index contributed by atoms with van der Waals surface area (Å²) in [6, 6.07) is 0. The molecule has 0 heterocycles. The molecule has 0 radical (unpaired) electrons. The van der Waals surface area contributed by atoms with Crippen LogP contribution in [0.25, 0.3) is 0 Å². The van der Waals surface area contributed by atoms with Crippen LogP contribution in [0.2, 0.25) is 0 Å². The highest BCUT2D eigenvalue weighted by Gasteiger charge is 2.22. The van der Waals surface area contributed by atoms with Crippen LogP contribution in [-0.2, 0) is 4.74 Å². The average Bonchev–Trinajstić information content (AvgIpc) is 2.26. The second-order valence-corrected chi connectivity index (χ2v) is 5.62. The Morgan fingerprint density at radius 3 is 2.41 bits per heavy atom. The average molecular weight is 244 g/mol. The number of nitrogens with two attached hydrogens (primary N) is 1. The van der Waals surface area contributed by atoms with Crippen LogP contribution in [-0.4, -0.2) is 24.3 Å². The van der Waals surface area contributed by atoms with E-state index in [1.807, 2.05) is 13.8 Å². The molecule has 0 aromatic carbocycles. The lowest BCUT2D eigenvalue weighted by Crippen LogP contribution is -2.32. The molecule has 0 rings (SSSR count). The van der Waals surface area contributed by atoms with Gasteiger partial charge in [-0.15, -0.1) is 0 Å². The van der Waals surface area contributed by atoms with E-state index in [4.69, 9.17) is 15.7 Å². The summed E-state index contributed by atoms with van der Waals surface area (Å²) >= 11 is 0. The van der Waals surface area contributed by atoms with E-state index in [1.54, 1.807) is 0 Å². The van der Waals surface area contributed by atoms with Gasteiger partial charge in [0.1, 0.15) is 5.84 Å². The molecule has 0 aromatic heterocycles. The Labute approximate surface area is 105 Å². The van der Waals surface area contributed by atoms with E-state index >= 15 is 0 Å². The van der Waals surface area contributed by atoms with Gasteiger partial charge in [-0.1, -0.05) is 32.9 Å². The number of hydrogen-bond donors (Lipinski definition) is 2. The summed E-state index contributed by atoms with van der Waals surface area (Å²) in [6.45, 7) is 9.98. The number of oxime groups is 1. The Hall–Kier alpha value is -0.770. The number of nitrogens with zero attached hydrogens (tertiary/aromatic N) is 1. The molecule has 0 atom stereocenters. The van der Waals surface area contributed by atoms with E-state index in [9.17, 15) is 0 Å². The van der Waals surface area contributed by atoms with E-state index < -0.39 is 0 Å². The lowest BCUT2D eigenvalue weighted by molar-refractivity contribution is 0.119. The van der Waals surface area contributed by atoms with Crippen LogP contribution in [0.15, 0.2) is 5.16 Å². The molecule has 0 aliphatic rings. The highest BCUT2D eigenvalue weighted by Crippen LogP contribution is 2.22. The summed E-state index contributed by atoms with van der Waals surface area (Å²) < 4.78 is 5.55. The lowest BCUT2D eigenvalue weighted by Gasteiger charge is -2.22. The highest BCUT2D eigenvalue weighted by molar-refractivity contribution is 5.85. The van der Waals surface area contributed by atoms with Crippen molar-refractivity contribution in [1.82, 2.24) is 0 Å². The maximum Gasteiger partial charge on any atom is 0.144 e. The summed E-state index contributed by atoms with van der Waals surface area (Å²) in [4.78, 5) is 0. The quantitative estimate of drug-likeness (QED) is 0.215. The molecule has 17 heavy (non-hydrogen) atoms. The molecule has 0 unspecified atom stereocenters. The number of ether oxygens (including phenoxy) is 1. The fourth-order valence-corrected chi connectivity index (χ4v) is 1.58. The third kappa shape index (κ3) is 8.02. The smallest absolute Gasteiger partial charge is 0.144 e. The molecule has 0 saturated carbocycles. The Morgan fingerprint density at radius 1 is 1.29 bits per heavy atom. The fourth-order valence-electron chi connectivity index (χ4n) is 1.58. The summed E-state index contributed by atoms with van der Waals surface area (Å²) in [5.41, 5.74) is 5.35. The Morgan fingerprint density at radius 2 is 1.88 bits per heavy atom. The summed E-state index contributed by atoms with van der Waals surface area (Å²) in [7, 11) is 0. The number of rotatable bonds is 9. The van der Waals surface area contributed by atoms with Crippen LogP contribution >= 0.6 is 0 Å². The van der Waals surface area contributed by atoms with Gasteiger partial charge in [-0.25, -0.2) is 0 Å². The largest absolute Gasteiger partial charge is 0.409 e. The lowest BCUT2D eigenvalue weighted by atomic mass is 9.87. The van der Waals surface area contributed by atoms with Gasteiger partial charge >= 0.3 is 0 Å². The molecule has 4 nitrogen and oxygen atoms in total. The van der Waals surface area contributed by atoms with Crippen molar-refractivity contribution in [3.8, 4) is 0 Å². The maximum atomic E-state index is 8.63. The first-order valence-corrected chi connectivity index (χ1v) is 6.46. The van der Waals surface area contributed by atoms with E-state index in [-0.39, 0.29) is 11.3 Å². The molecule has 102 valence electrons. The van der Waals surface area contributed by atoms with E-state index in [2.05, 4.69) is 19.0 Å². The van der Waals surface area contributed by atoms with Crippen molar-refractivity contribution in [1.29, 1.82) is 0 Å². The van der Waals surface area contributed by atoms with Gasteiger partial charge in [0.25, 0.3) is 0 Å².